The van der Waals surface area contributed by atoms with Gasteiger partial charge in [0.2, 0.25) is 0 Å². The van der Waals surface area contributed by atoms with Crippen LogP contribution in [-0.2, 0) is 12.8 Å². The molecule has 1 aliphatic carbocycles. The number of hydrogen-bond acceptors (Lipinski definition) is 1. The number of unbranched alkanes of at least 4 members (excludes halogenated alkanes) is 1. The fourth-order valence-corrected chi connectivity index (χ4v) is 2.22. The third-order valence-corrected chi connectivity index (χ3v) is 3.14. The summed E-state index contributed by atoms with van der Waals surface area (Å²) in [6.45, 7) is 4.50. The highest BCUT2D eigenvalue weighted by Gasteiger charge is 2.09. The zero-order chi connectivity index (χ0) is 11.2. The van der Waals surface area contributed by atoms with Crippen LogP contribution in [0.1, 0.15) is 36.8 Å². The predicted octanol–water partition coefficient (Wildman–Crippen LogP) is 3.91. The molecule has 0 fully saturated rings. The maximum absolute atomic E-state index is 5.73. The van der Waals surface area contributed by atoms with Gasteiger partial charge in [-0.3, -0.25) is 0 Å². The molecule has 0 amide bonds. The fourth-order valence-electron chi connectivity index (χ4n) is 2.22. The summed E-state index contributed by atoms with van der Waals surface area (Å²) in [5, 5.41) is 0. The maximum Gasteiger partial charge on any atom is 0.119 e. The van der Waals surface area contributed by atoms with Crippen molar-refractivity contribution in [3.05, 3.63) is 42.0 Å². The van der Waals surface area contributed by atoms with E-state index in [0.717, 1.165) is 25.2 Å². The van der Waals surface area contributed by atoms with Crippen LogP contribution >= 0.6 is 0 Å². The molecule has 2 rings (SSSR count). The van der Waals surface area contributed by atoms with Gasteiger partial charge in [-0.05, 0) is 61.8 Å². The van der Waals surface area contributed by atoms with Crippen LogP contribution in [0.4, 0.5) is 0 Å². The fraction of sp³-hybridized carbons (Fsp3) is 0.467. The Morgan fingerprint density at radius 1 is 1.19 bits per heavy atom. The lowest BCUT2D eigenvalue weighted by atomic mass is 9.92. The molecule has 0 radical (unpaired) electrons. The van der Waals surface area contributed by atoms with Crippen molar-refractivity contribution in [3.8, 4) is 5.75 Å². The summed E-state index contributed by atoms with van der Waals surface area (Å²) in [6, 6.07) is 6.57. The van der Waals surface area contributed by atoms with Crippen molar-refractivity contribution in [3.63, 3.8) is 0 Å². The van der Waals surface area contributed by atoms with Crippen molar-refractivity contribution in [1.29, 1.82) is 0 Å². The Morgan fingerprint density at radius 2 is 2.00 bits per heavy atom. The van der Waals surface area contributed by atoms with E-state index in [-0.39, 0.29) is 0 Å². The van der Waals surface area contributed by atoms with Gasteiger partial charge >= 0.3 is 0 Å². The minimum atomic E-state index is 0.796. The van der Waals surface area contributed by atoms with Crippen molar-refractivity contribution in [2.75, 3.05) is 6.61 Å². The number of hydrogen-bond donors (Lipinski definition) is 0. The molecule has 0 aromatic heterocycles. The van der Waals surface area contributed by atoms with Crippen molar-refractivity contribution in [2.45, 2.75) is 38.5 Å². The Labute approximate surface area is 98.1 Å². The first-order chi connectivity index (χ1) is 7.90. The molecule has 1 nitrogen and oxygen atoms in total. The smallest absolute Gasteiger partial charge is 0.119 e. The quantitative estimate of drug-likeness (QED) is 0.535. The topological polar surface area (TPSA) is 9.23 Å². The molecule has 1 aliphatic rings. The molecule has 0 heterocycles. The van der Waals surface area contributed by atoms with Crippen LogP contribution in [0.3, 0.4) is 0 Å². The second-order valence-corrected chi connectivity index (χ2v) is 4.42. The third-order valence-electron chi connectivity index (χ3n) is 3.14. The van der Waals surface area contributed by atoms with E-state index in [1.54, 1.807) is 0 Å². The first-order valence-corrected chi connectivity index (χ1v) is 6.25. The average Bonchev–Trinajstić information content (AvgIpc) is 2.34. The highest BCUT2D eigenvalue weighted by atomic mass is 16.5. The van der Waals surface area contributed by atoms with Crippen LogP contribution in [0, 0.1) is 0 Å². The number of fused-ring (bicyclic) bond motifs is 1. The standard InChI is InChI=1S/C15H20O/c1-2-3-6-11-16-15-10-9-13-7-4-5-8-14(13)12-15/h2,9-10,12H,1,3-8,11H2. The van der Waals surface area contributed by atoms with E-state index < -0.39 is 0 Å². The van der Waals surface area contributed by atoms with E-state index in [9.17, 15) is 0 Å². The summed E-state index contributed by atoms with van der Waals surface area (Å²) in [6.07, 6.45) is 9.16. The highest BCUT2D eigenvalue weighted by molar-refractivity contribution is 5.37. The zero-order valence-corrected chi connectivity index (χ0v) is 9.87. The SMILES string of the molecule is C=CCCCOc1ccc2c(c1)CCCC2. The van der Waals surface area contributed by atoms with Crippen LogP contribution < -0.4 is 4.74 Å². The van der Waals surface area contributed by atoms with Crippen LogP contribution in [0.2, 0.25) is 0 Å². The van der Waals surface area contributed by atoms with Crippen LogP contribution in [0.25, 0.3) is 0 Å². The highest BCUT2D eigenvalue weighted by Crippen LogP contribution is 2.25. The molecule has 0 aliphatic heterocycles. The van der Waals surface area contributed by atoms with Gasteiger partial charge in [-0.25, -0.2) is 0 Å². The van der Waals surface area contributed by atoms with E-state index >= 15 is 0 Å². The molecule has 1 aromatic rings. The van der Waals surface area contributed by atoms with E-state index in [1.807, 2.05) is 6.08 Å². The lowest BCUT2D eigenvalue weighted by molar-refractivity contribution is 0.311. The molecule has 0 atom stereocenters. The van der Waals surface area contributed by atoms with Gasteiger partial charge in [0.05, 0.1) is 6.61 Å². The number of aryl methyl sites for hydroxylation is 2. The Hall–Kier alpha value is -1.24. The number of rotatable bonds is 5. The van der Waals surface area contributed by atoms with Crippen molar-refractivity contribution < 1.29 is 4.74 Å². The maximum atomic E-state index is 5.73. The van der Waals surface area contributed by atoms with E-state index in [2.05, 4.69) is 24.8 Å². The third kappa shape index (κ3) is 2.88. The van der Waals surface area contributed by atoms with Gasteiger partial charge in [-0.15, -0.1) is 6.58 Å². The molecular weight excluding hydrogens is 196 g/mol. The summed E-state index contributed by atoms with van der Waals surface area (Å²) in [5.41, 5.74) is 3.01. The van der Waals surface area contributed by atoms with Crippen molar-refractivity contribution in [2.24, 2.45) is 0 Å². The van der Waals surface area contributed by atoms with Gasteiger partial charge in [0.1, 0.15) is 5.75 Å². The first kappa shape index (κ1) is 11.3. The molecule has 1 heteroatoms. The molecule has 0 bridgehead atoms. The monoisotopic (exact) mass is 216 g/mol. The lowest BCUT2D eigenvalue weighted by Crippen LogP contribution is -2.03. The van der Waals surface area contributed by atoms with Gasteiger partial charge in [0, 0.05) is 0 Å². The second-order valence-electron chi connectivity index (χ2n) is 4.42. The molecule has 0 unspecified atom stereocenters. The molecule has 1 aromatic carbocycles. The first-order valence-electron chi connectivity index (χ1n) is 6.25. The lowest BCUT2D eigenvalue weighted by Gasteiger charge is -2.16. The minimum absolute atomic E-state index is 0.796. The van der Waals surface area contributed by atoms with Crippen molar-refractivity contribution in [1.82, 2.24) is 0 Å². The molecule has 0 saturated heterocycles. The Bertz CT molecular complexity index is 354. The number of benzene rings is 1. The van der Waals surface area contributed by atoms with Crippen molar-refractivity contribution >= 4 is 0 Å². The molecular formula is C15H20O. The van der Waals surface area contributed by atoms with Gasteiger partial charge in [0.25, 0.3) is 0 Å². The van der Waals surface area contributed by atoms with E-state index in [4.69, 9.17) is 4.74 Å². The minimum Gasteiger partial charge on any atom is -0.494 e. The number of ether oxygens (including phenoxy) is 1. The summed E-state index contributed by atoms with van der Waals surface area (Å²) in [4.78, 5) is 0. The summed E-state index contributed by atoms with van der Waals surface area (Å²) in [5.74, 6) is 1.03. The Morgan fingerprint density at radius 3 is 2.81 bits per heavy atom. The average molecular weight is 216 g/mol. The Kier molecular flexibility index (Phi) is 4.03. The molecule has 0 spiro atoms. The molecule has 16 heavy (non-hydrogen) atoms. The van der Waals surface area contributed by atoms with Crippen LogP contribution in [-0.4, -0.2) is 6.61 Å². The van der Waals surface area contributed by atoms with Gasteiger partial charge in [0.15, 0.2) is 0 Å². The van der Waals surface area contributed by atoms with E-state index in [0.29, 0.717) is 0 Å². The summed E-state index contributed by atoms with van der Waals surface area (Å²) < 4.78 is 5.73. The molecule has 0 saturated carbocycles. The second kappa shape index (κ2) is 5.74. The van der Waals surface area contributed by atoms with Gasteiger partial charge in [-0.2, -0.15) is 0 Å². The summed E-state index contributed by atoms with van der Waals surface area (Å²) >= 11 is 0. The zero-order valence-electron chi connectivity index (χ0n) is 9.87. The van der Waals surface area contributed by atoms with Gasteiger partial charge in [-0.1, -0.05) is 12.1 Å². The van der Waals surface area contributed by atoms with Crippen LogP contribution in [0.5, 0.6) is 5.75 Å². The predicted molar refractivity (Wildman–Crippen MR) is 68.0 cm³/mol. The summed E-state index contributed by atoms with van der Waals surface area (Å²) in [7, 11) is 0. The largest absolute Gasteiger partial charge is 0.494 e. The van der Waals surface area contributed by atoms with Gasteiger partial charge < -0.3 is 4.74 Å². The Balaban J connectivity index is 1.92. The van der Waals surface area contributed by atoms with E-state index in [1.165, 1.54) is 36.8 Å². The molecule has 86 valence electrons. The normalized spacial score (nSPS) is 14.2. The number of allylic oxidation sites excluding steroid dienone is 1. The molecule has 0 N–H and O–H groups in total. The van der Waals surface area contributed by atoms with Crippen LogP contribution in [0.15, 0.2) is 30.9 Å².